The van der Waals surface area contributed by atoms with Gasteiger partial charge in [0.25, 0.3) is 17.3 Å². The number of rotatable bonds is 7. The number of amides is 1. The maximum absolute atomic E-state index is 12.9. The summed E-state index contributed by atoms with van der Waals surface area (Å²) < 4.78 is 0. The molecule has 3 N–H and O–H groups in total. The fourth-order valence-corrected chi connectivity index (χ4v) is 3.07. The van der Waals surface area contributed by atoms with Gasteiger partial charge in [-0.3, -0.25) is 25.0 Å². The highest BCUT2D eigenvalue weighted by Gasteiger charge is 2.26. The molecule has 1 amide bonds. The van der Waals surface area contributed by atoms with Crippen molar-refractivity contribution in [2.75, 3.05) is 0 Å². The number of carbonyl (C=O) groups excluding carboxylic acids is 1. The van der Waals surface area contributed by atoms with Crippen molar-refractivity contribution in [2.45, 2.75) is 12.1 Å². The largest absolute Gasteiger partial charge is 0.343 e. The van der Waals surface area contributed by atoms with E-state index in [2.05, 4.69) is 5.32 Å². The molecule has 0 heterocycles. The lowest BCUT2D eigenvalue weighted by Gasteiger charge is -2.26. The molecule has 30 heavy (non-hydrogen) atoms. The number of benzene rings is 3. The Kier molecular flexibility index (Phi) is 6.14. The highest BCUT2D eigenvalue weighted by atomic mass is 16.6. The second kappa shape index (κ2) is 8.93. The Balaban J connectivity index is 1.98. The van der Waals surface area contributed by atoms with E-state index in [0.29, 0.717) is 0 Å². The van der Waals surface area contributed by atoms with Crippen LogP contribution < -0.4 is 11.1 Å². The maximum atomic E-state index is 12.9. The normalized spacial score (nSPS) is 12.6. The van der Waals surface area contributed by atoms with Crippen LogP contribution in [0.4, 0.5) is 11.4 Å². The Morgan fingerprint density at radius 3 is 1.73 bits per heavy atom. The molecule has 3 aromatic carbocycles. The summed E-state index contributed by atoms with van der Waals surface area (Å²) in [5, 5.41) is 25.0. The number of nitro benzene ring substituents is 2. The van der Waals surface area contributed by atoms with Crippen LogP contribution in [0, 0.1) is 20.2 Å². The van der Waals surface area contributed by atoms with Crippen molar-refractivity contribution in [3.63, 3.8) is 0 Å². The third-order valence-electron chi connectivity index (χ3n) is 4.58. The molecule has 0 radical (unpaired) electrons. The van der Waals surface area contributed by atoms with Crippen LogP contribution in [0.15, 0.2) is 78.9 Å². The van der Waals surface area contributed by atoms with Crippen LogP contribution in [0.2, 0.25) is 0 Å². The van der Waals surface area contributed by atoms with E-state index in [9.17, 15) is 25.0 Å². The second-order valence-electron chi connectivity index (χ2n) is 6.55. The van der Waals surface area contributed by atoms with Gasteiger partial charge >= 0.3 is 0 Å². The number of nitro groups is 2. The zero-order valence-electron chi connectivity index (χ0n) is 15.7. The summed E-state index contributed by atoms with van der Waals surface area (Å²) in [5.41, 5.74) is 6.64. The summed E-state index contributed by atoms with van der Waals surface area (Å²) in [7, 11) is 0. The van der Waals surface area contributed by atoms with E-state index in [4.69, 9.17) is 5.73 Å². The van der Waals surface area contributed by atoms with Gasteiger partial charge in [0.05, 0.1) is 33.6 Å². The van der Waals surface area contributed by atoms with Gasteiger partial charge in [-0.2, -0.15) is 0 Å². The van der Waals surface area contributed by atoms with Gasteiger partial charge in [-0.15, -0.1) is 0 Å². The molecule has 0 aromatic heterocycles. The SMILES string of the molecule is N[C@H](c1ccccc1)[C@H](NC(=O)c1cc([N+](=O)[O-])cc([N+](=O)[O-])c1)c1ccccc1. The molecule has 9 nitrogen and oxygen atoms in total. The molecule has 3 aromatic rings. The van der Waals surface area contributed by atoms with Gasteiger partial charge in [0.2, 0.25) is 0 Å². The number of nitrogens with zero attached hydrogens (tertiary/aromatic N) is 2. The predicted octanol–water partition coefficient (Wildman–Crippen LogP) is 3.67. The molecule has 0 aliphatic rings. The maximum Gasteiger partial charge on any atom is 0.277 e. The standard InChI is InChI=1S/C21H18N4O5/c22-19(14-7-3-1-4-8-14)20(15-9-5-2-6-10-15)23-21(26)16-11-17(24(27)28)13-18(12-16)25(29)30/h1-13,19-20H,22H2,(H,23,26)/t19-,20-/m1/s1. The summed E-state index contributed by atoms with van der Waals surface area (Å²) >= 11 is 0. The minimum atomic E-state index is -0.784. The Labute approximate surface area is 171 Å². The minimum absolute atomic E-state index is 0.197. The zero-order chi connectivity index (χ0) is 21.7. The monoisotopic (exact) mass is 406 g/mol. The molecule has 0 saturated carbocycles. The molecule has 9 heteroatoms. The van der Waals surface area contributed by atoms with Gasteiger partial charge in [0.15, 0.2) is 0 Å². The van der Waals surface area contributed by atoms with Crippen LogP contribution in [0.5, 0.6) is 0 Å². The van der Waals surface area contributed by atoms with Crippen LogP contribution in [-0.4, -0.2) is 15.8 Å². The number of hydrogen-bond acceptors (Lipinski definition) is 6. The van der Waals surface area contributed by atoms with Crippen molar-refractivity contribution in [1.29, 1.82) is 0 Å². The lowest BCUT2D eigenvalue weighted by atomic mass is 9.93. The molecule has 0 saturated heterocycles. The number of nitrogens with two attached hydrogens (primary N) is 1. The summed E-state index contributed by atoms with van der Waals surface area (Å²) in [5.74, 6) is -0.706. The molecule has 2 atom stereocenters. The first kappa shape index (κ1) is 20.6. The van der Waals surface area contributed by atoms with E-state index in [1.807, 2.05) is 36.4 Å². The summed E-state index contributed by atoms with van der Waals surface area (Å²) in [4.78, 5) is 33.6. The summed E-state index contributed by atoms with van der Waals surface area (Å²) in [6.45, 7) is 0. The van der Waals surface area contributed by atoms with Crippen molar-refractivity contribution < 1.29 is 14.6 Å². The van der Waals surface area contributed by atoms with Gasteiger partial charge < -0.3 is 11.1 Å². The van der Waals surface area contributed by atoms with Gasteiger partial charge in [0, 0.05) is 12.1 Å². The van der Waals surface area contributed by atoms with E-state index in [1.54, 1.807) is 24.3 Å². The van der Waals surface area contributed by atoms with Crippen LogP contribution in [0.1, 0.15) is 33.6 Å². The van der Waals surface area contributed by atoms with Gasteiger partial charge in [-0.25, -0.2) is 0 Å². The smallest absolute Gasteiger partial charge is 0.277 e. The number of nitrogens with one attached hydrogen (secondary N) is 1. The molecule has 0 bridgehead atoms. The van der Waals surface area contributed by atoms with Crippen LogP contribution >= 0.6 is 0 Å². The first-order valence-electron chi connectivity index (χ1n) is 8.97. The Bertz CT molecular complexity index is 1040. The molecule has 0 spiro atoms. The Hall–Kier alpha value is -4.11. The Morgan fingerprint density at radius 1 is 0.800 bits per heavy atom. The topological polar surface area (TPSA) is 141 Å². The first-order chi connectivity index (χ1) is 14.4. The highest BCUT2D eigenvalue weighted by Crippen LogP contribution is 2.28. The summed E-state index contributed by atoms with van der Waals surface area (Å²) in [6.07, 6.45) is 0. The molecule has 0 unspecified atom stereocenters. The van der Waals surface area contributed by atoms with Crippen molar-refractivity contribution >= 4 is 17.3 Å². The van der Waals surface area contributed by atoms with Crippen molar-refractivity contribution in [3.8, 4) is 0 Å². The average Bonchev–Trinajstić information content (AvgIpc) is 2.77. The molecule has 0 fully saturated rings. The van der Waals surface area contributed by atoms with E-state index >= 15 is 0 Å². The van der Waals surface area contributed by atoms with Crippen molar-refractivity contribution in [2.24, 2.45) is 5.73 Å². The van der Waals surface area contributed by atoms with Crippen LogP contribution in [-0.2, 0) is 0 Å². The van der Waals surface area contributed by atoms with E-state index in [0.717, 1.165) is 29.3 Å². The lowest BCUT2D eigenvalue weighted by Crippen LogP contribution is -2.36. The number of carbonyl (C=O) groups is 1. The third kappa shape index (κ3) is 4.65. The van der Waals surface area contributed by atoms with Crippen LogP contribution in [0.25, 0.3) is 0 Å². The fourth-order valence-electron chi connectivity index (χ4n) is 3.07. The number of hydrogen-bond donors (Lipinski definition) is 2. The molecule has 3 rings (SSSR count). The van der Waals surface area contributed by atoms with E-state index in [-0.39, 0.29) is 5.56 Å². The van der Waals surface area contributed by atoms with Gasteiger partial charge in [-0.05, 0) is 11.1 Å². The zero-order valence-corrected chi connectivity index (χ0v) is 15.7. The molecule has 152 valence electrons. The van der Waals surface area contributed by atoms with Crippen molar-refractivity contribution in [3.05, 3.63) is 116 Å². The fraction of sp³-hybridized carbons (Fsp3) is 0.0952. The number of non-ortho nitro benzene ring substituents is 2. The minimum Gasteiger partial charge on any atom is -0.343 e. The van der Waals surface area contributed by atoms with Crippen molar-refractivity contribution in [1.82, 2.24) is 5.32 Å². The quantitative estimate of drug-likeness (QED) is 0.453. The summed E-state index contributed by atoms with van der Waals surface area (Å²) in [6, 6.07) is 19.7. The van der Waals surface area contributed by atoms with Gasteiger partial charge in [-0.1, -0.05) is 60.7 Å². The molecular formula is C21H18N4O5. The van der Waals surface area contributed by atoms with E-state index < -0.39 is 39.2 Å². The first-order valence-corrected chi connectivity index (χ1v) is 8.97. The van der Waals surface area contributed by atoms with Gasteiger partial charge in [0.1, 0.15) is 0 Å². The average molecular weight is 406 g/mol. The van der Waals surface area contributed by atoms with Crippen LogP contribution in [0.3, 0.4) is 0 Å². The third-order valence-corrected chi connectivity index (χ3v) is 4.58. The highest BCUT2D eigenvalue weighted by molar-refractivity contribution is 5.96. The predicted molar refractivity (Wildman–Crippen MR) is 110 cm³/mol. The molecule has 0 aliphatic heterocycles. The second-order valence-corrected chi connectivity index (χ2v) is 6.55. The van der Waals surface area contributed by atoms with E-state index in [1.165, 1.54) is 0 Å². The Morgan fingerprint density at radius 2 is 1.27 bits per heavy atom. The lowest BCUT2D eigenvalue weighted by molar-refractivity contribution is -0.394. The molecule has 0 aliphatic carbocycles. The molecular weight excluding hydrogens is 388 g/mol.